The largest absolute Gasteiger partial charge is 3.00 e. The molecule has 0 spiro atoms. The maximum atomic E-state index is 10.1. The van der Waals surface area contributed by atoms with Crippen LogP contribution in [0.2, 0.25) is 0 Å². The van der Waals surface area contributed by atoms with E-state index in [0.717, 1.165) is 51.4 Å². The Balaban J connectivity index is 0. The van der Waals surface area contributed by atoms with E-state index in [9.17, 15) is 19.8 Å². The van der Waals surface area contributed by atoms with Gasteiger partial charge in [0.1, 0.15) is 0 Å². The first kappa shape index (κ1) is 20.4. The third kappa shape index (κ3) is 7.48. The molecule has 0 amide bonds. The van der Waals surface area contributed by atoms with Crippen LogP contribution in [0.3, 0.4) is 0 Å². The molecule has 0 N–H and O–H groups in total. The van der Waals surface area contributed by atoms with E-state index in [0.29, 0.717) is 0 Å². The van der Waals surface area contributed by atoms with Gasteiger partial charge in [-0.25, -0.2) is 0 Å². The van der Waals surface area contributed by atoms with Crippen molar-refractivity contribution in [3.05, 3.63) is 0 Å². The summed E-state index contributed by atoms with van der Waals surface area (Å²) in [6.45, 7) is 0. The van der Waals surface area contributed by atoms with Crippen molar-refractivity contribution in [2.75, 3.05) is 0 Å². The number of hydrogen-bond donors (Lipinski definition) is 0. The molecule has 0 heterocycles. The van der Waals surface area contributed by atoms with Crippen molar-refractivity contribution in [1.29, 1.82) is 0 Å². The van der Waals surface area contributed by atoms with Gasteiger partial charge < -0.3 is 36.8 Å². The van der Waals surface area contributed by atoms with Gasteiger partial charge in [0, 0.05) is 11.9 Å². The Morgan fingerprint density at radius 3 is 1.06 bits per heavy atom. The quantitative estimate of drug-likeness (QED) is 0.469. The minimum Gasteiger partial charge on any atom is -1.00 e. The smallest absolute Gasteiger partial charge is 1.00 e. The molecule has 2 aliphatic carbocycles. The molecule has 0 unspecified atom stereocenters. The summed E-state index contributed by atoms with van der Waals surface area (Å²) in [5.41, 5.74) is 0. The van der Waals surface area contributed by atoms with E-state index in [1.54, 1.807) is 0 Å². The number of hydrogen-bond acceptors (Lipinski definition) is 4. The predicted octanol–water partition coefficient (Wildman–Crippen LogP) is -3.52. The Morgan fingerprint density at radius 1 is 0.722 bits per heavy atom. The molecule has 6 heteroatoms. The Hall–Kier alpha value is 0.0564. The number of carbonyl (C=O) groups is 2. The van der Waals surface area contributed by atoms with Gasteiger partial charge in [-0.3, -0.25) is 0 Å². The van der Waals surface area contributed by atoms with Gasteiger partial charge in [0.15, 0.2) is 0 Å². The monoisotopic (exact) mass is 374 g/mol. The first-order chi connectivity index (χ1) is 7.61. The van der Waals surface area contributed by atoms with E-state index in [-0.39, 0.29) is 48.6 Å². The maximum Gasteiger partial charge on any atom is 3.00 e. The predicted molar refractivity (Wildman–Crippen MR) is 59.7 cm³/mol. The Morgan fingerprint density at radius 2 is 0.944 bits per heavy atom. The second kappa shape index (κ2) is 10.9. The number of carboxylic acids is 2. The van der Waals surface area contributed by atoms with E-state index in [1.165, 1.54) is 0 Å². The van der Waals surface area contributed by atoms with Gasteiger partial charge in [0.2, 0.25) is 0 Å². The summed E-state index contributed by atoms with van der Waals surface area (Å²) in [5.74, 6) is -1.98. The fourth-order valence-electron chi connectivity index (χ4n) is 2.32. The molecule has 2 saturated carbocycles. The molecule has 0 aromatic rings. The molecular formula is C12H18BrGaO4. The summed E-state index contributed by atoms with van der Waals surface area (Å²) >= 11 is 0. The minimum atomic E-state index is -0.859. The topological polar surface area (TPSA) is 80.3 Å². The molecule has 0 atom stereocenters. The molecule has 2 fully saturated rings. The summed E-state index contributed by atoms with van der Waals surface area (Å²) in [6, 6.07) is 0. The average Bonchev–Trinajstić information content (AvgIpc) is 2.93. The van der Waals surface area contributed by atoms with Crippen LogP contribution in [0.5, 0.6) is 0 Å². The van der Waals surface area contributed by atoms with Crippen LogP contribution in [0.1, 0.15) is 51.4 Å². The molecule has 0 aromatic heterocycles. The van der Waals surface area contributed by atoms with Crippen LogP contribution >= 0.6 is 0 Å². The minimum absolute atomic E-state index is 0. The first-order valence-electron chi connectivity index (χ1n) is 6.03. The van der Waals surface area contributed by atoms with Crippen LogP contribution in [-0.4, -0.2) is 31.7 Å². The summed E-state index contributed by atoms with van der Waals surface area (Å²) in [7, 11) is 0. The number of carbonyl (C=O) groups excluding carboxylic acids is 2. The van der Waals surface area contributed by atoms with Crippen molar-refractivity contribution < 1.29 is 36.8 Å². The molecule has 4 nitrogen and oxygen atoms in total. The van der Waals surface area contributed by atoms with Gasteiger partial charge in [-0.15, -0.1) is 0 Å². The van der Waals surface area contributed by atoms with Crippen molar-refractivity contribution in [1.82, 2.24) is 0 Å². The van der Waals surface area contributed by atoms with Gasteiger partial charge in [0.05, 0.1) is 0 Å². The zero-order chi connectivity index (χ0) is 12.0. The van der Waals surface area contributed by atoms with Gasteiger partial charge in [-0.05, 0) is 37.5 Å². The molecule has 0 aliphatic heterocycles. The van der Waals surface area contributed by atoms with Crippen LogP contribution in [-0.2, 0) is 9.59 Å². The SMILES string of the molecule is O=C([O-])C1CCCC1.O=C([O-])C1CCCC1.[Br-].[Ga+3]. The first-order valence-corrected chi connectivity index (χ1v) is 6.03. The molecular weight excluding hydrogens is 358 g/mol. The number of carboxylic acid groups (broad SMARTS) is 2. The summed E-state index contributed by atoms with van der Waals surface area (Å²) in [4.78, 5) is 20.2. The molecule has 0 saturated heterocycles. The van der Waals surface area contributed by atoms with E-state index in [4.69, 9.17) is 0 Å². The van der Waals surface area contributed by atoms with Crippen LogP contribution in [0.15, 0.2) is 0 Å². The van der Waals surface area contributed by atoms with Crippen LogP contribution in [0.4, 0.5) is 0 Å². The van der Waals surface area contributed by atoms with Gasteiger partial charge in [-0.1, -0.05) is 25.7 Å². The zero-order valence-corrected chi connectivity index (χ0v) is 14.4. The normalized spacial score (nSPS) is 19.1. The van der Waals surface area contributed by atoms with Crippen molar-refractivity contribution in [3.63, 3.8) is 0 Å². The van der Waals surface area contributed by atoms with E-state index >= 15 is 0 Å². The molecule has 2 rings (SSSR count). The fraction of sp³-hybridized carbons (Fsp3) is 0.833. The zero-order valence-electron chi connectivity index (χ0n) is 10.4. The Kier molecular flexibility index (Phi) is 12.4. The Bertz CT molecular complexity index is 222. The van der Waals surface area contributed by atoms with Crippen LogP contribution in [0.25, 0.3) is 0 Å². The molecule has 18 heavy (non-hydrogen) atoms. The number of rotatable bonds is 2. The Labute approximate surface area is 131 Å². The number of halogens is 1. The second-order valence-electron chi connectivity index (χ2n) is 4.60. The summed E-state index contributed by atoms with van der Waals surface area (Å²) in [6.07, 6.45) is 7.61. The maximum absolute atomic E-state index is 10.1. The third-order valence-electron chi connectivity index (χ3n) is 3.38. The molecule has 0 bridgehead atoms. The molecule has 2 aliphatic rings. The van der Waals surface area contributed by atoms with Crippen LogP contribution < -0.4 is 27.2 Å². The van der Waals surface area contributed by atoms with Crippen molar-refractivity contribution in [2.24, 2.45) is 11.8 Å². The fourth-order valence-corrected chi connectivity index (χ4v) is 2.32. The molecule has 0 aromatic carbocycles. The average molecular weight is 376 g/mol. The third-order valence-corrected chi connectivity index (χ3v) is 3.38. The van der Waals surface area contributed by atoms with E-state index < -0.39 is 11.9 Å². The second-order valence-corrected chi connectivity index (χ2v) is 4.60. The van der Waals surface area contributed by atoms with Crippen molar-refractivity contribution in [3.8, 4) is 0 Å². The van der Waals surface area contributed by atoms with Crippen molar-refractivity contribution >= 4 is 31.7 Å². The standard InChI is InChI=1S/2C6H10O2.BrH.Ga/c2*7-6(8)5-3-1-2-4-5;;/h2*5H,1-4H2,(H,7,8);1H;/q;;;+3/p-3. The van der Waals surface area contributed by atoms with E-state index in [1.807, 2.05) is 0 Å². The van der Waals surface area contributed by atoms with Crippen LogP contribution in [0, 0.1) is 11.8 Å². The van der Waals surface area contributed by atoms with E-state index in [2.05, 4.69) is 0 Å². The molecule has 0 radical (unpaired) electrons. The molecule has 100 valence electrons. The number of aliphatic carboxylic acids is 2. The summed E-state index contributed by atoms with van der Waals surface area (Å²) in [5, 5.41) is 20.2. The van der Waals surface area contributed by atoms with Crippen molar-refractivity contribution in [2.45, 2.75) is 51.4 Å². The van der Waals surface area contributed by atoms with Gasteiger partial charge in [0.25, 0.3) is 0 Å². The van der Waals surface area contributed by atoms with Gasteiger partial charge >= 0.3 is 19.8 Å². The summed E-state index contributed by atoms with van der Waals surface area (Å²) < 4.78 is 0. The van der Waals surface area contributed by atoms with Gasteiger partial charge in [-0.2, -0.15) is 0 Å².